The maximum atomic E-state index is 10.8. The first-order chi connectivity index (χ1) is 13.3. The van der Waals surface area contributed by atoms with Gasteiger partial charge in [-0.25, -0.2) is 4.79 Å². The summed E-state index contributed by atoms with van der Waals surface area (Å²) < 4.78 is 11.5. The molecule has 28 heavy (non-hydrogen) atoms. The number of hydrogen-bond donors (Lipinski definition) is 1. The molecule has 0 saturated heterocycles. The number of nitriles is 1. The van der Waals surface area contributed by atoms with Crippen molar-refractivity contribution < 1.29 is 24.3 Å². The Morgan fingerprint density at radius 2 is 2.00 bits per heavy atom. The Morgan fingerprint density at radius 3 is 2.54 bits per heavy atom. The first-order valence-electron chi connectivity index (χ1n) is 8.03. The van der Waals surface area contributed by atoms with Crippen LogP contribution in [0.3, 0.4) is 0 Å². The number of ether oxygens (including phenoxy) is 2. The van der Waals surface area contributed by atoms with E-state index in [1.807, 2.05) is 22.6 Å². The van der Waals surface area contributed by atoms with Gasteiger partial charge in [0.05, 0.1) is 26.7 Å². The van der Waals surface area contributed by atoms with Crippen LogP contribution < -0.4 is 9.47 Å². The Labute approximate surface area is 174 Å². The number of rotatable bonds is 8. The standard InChI is InChI=1S/C19H15IN2O6/c1-2-27-17-9-12(8-16(20)19(17)28-11-18(23)24)7-14(10-21)13-3-5-15(6-4-13)22(25)26/h3-9H,2,11H2,1H3,(H,23,24)/b14-7+. The molecule has 0 atom stereocenters. The number of nitro groups is 1. The van der Waals surface area contributed by atoms with Crippen LogP contribution in [-0.4, -0.2) is 29.2 Å². The summed E-state index contributed by atoms with van der Waals surface area (Å²) in [5.41, 5.74) is 1.43. The van der Waals surface area contributed by atoms with Gasteiger partial charge in [0.1, 0.15) is 0 Å². The van der Waals surface area contributed by atoms with Crippen LogP contribution in [0.4, 0.5) is 5.69 Å². The number of halogens is 1. The van der Waals surface area contributed by atoms with Crippen molar-refractivity contribution in [2.75, 3.05) is 13.2 Å². The fourth-order valence-electron chi connectivity index (χ4n) is 2.32. The molecule has 0 aliphatic rings. The first kappa shape index (κ1) is 21.2. The molecule has 0 heterocycles. The van der Waals surface area contributed by atoms with Gasteiger partial charge >= 0.3 is 5.97 Å². The van der Waals surface area contributed by atoms with E-state index in [4.69, 9.17) is 14.6 Å². The van der Waals surface area contributed by atoms with Crippen molar-refractivity contribution in [3.8, 4) is 17.6 Å². The van der Waals surface area contributed by atoms with Gasteiger partial charge < -0.3 is 14.6 Å². The van der Waals surface area contributed by atoms with Crippen LogP contribution in [0.15, 0.2) is 36.4 Å². The minimum absolute atomic E-state index is 0.0610. The fraction of sp³-hybridized carbons (Fsp3) is 0.158. The number of carboxylic acids is 1. The lowest BCUT2D eigenvalue weighted by Crippen LogP contribution is -2.11. The number of carboxylic acid groups (broad SMARTS) is 1. The Bertz CT molecular complexity index is 964. The summed E-state index contributed by atoms with van der Waals surface area (Å²) in [4.78, 5) is 21.0. The molecule has 0 radical (unpaired) electrons. The van der Waals surface area contributed by atoms with Crippen LogP contribution in [-0.2, 0) is 4.79 Å². The molecule has 0 saturated carbocycles. The van der Waals surface area contributed by atoms with E-state index in [2.05, 4.69) is 6.07 Å². The van der Waals surface area contributed by atoms with Crippen molar-refractivity contribution in [3.05, 3.63) is 61.2 Å². The largest absolute Gasteiger partial charge is 0.490 e. The van der Waals surface area contributed by atoms with Crippen LogP contribution in [0, 0.1) is 25.0 Å². The first-order valence-corrected chi connectivity index (χ1v) is 9.11. The Hall–Kier alpha value is -3.13. The van der Waals surface area contributed by atoms with E-state index in [0.29, 0.717) is 38.4 Å². The number of hydrogen-bond acceptors (Lipinski definition) is 6. The van der Waals surface area contributed by atoms with Crippen LogP contribution in [0.5, 0.6) is 11.5 Å². The number of benzene rings is 2. The lowest BCUT2D eigenvalue weighted by molar-refractivity contribution is -0.384. The summed E-state index contributed by atoms with van der Waals surface area (Å²) in [6.07, 6.45) is 1.62. The van der Waals surface area contributed by atoms with Gasteiger partial charge in [-0.1, -0.05) is 0 Å². The van der Waals surface area contributed by atoms with Crippen molar-refractivity contribution in [1.29, 1.82) is 5.26 Å². The number of nitrogens with zero attached hydrogens (tertiary/aromatic N) is 2. The second-order valence-electron chi connectivity index (χ2n) is 5.42. The molecule has 0 bridgehead atoms. The van der Waals surface area contributed by atoms with Crippen molar-refractivity contribution in [2.45, 2.75) is 6.92 Å². The molecule has 2 rings (SSSR count). The average molecular weight is 494 g/mol. The van der Waals surface area contributed by atoms with Gasteiger partial charge in [-0.3, -0.25) is 10.1 Å². The third-order valence-corrected chi connectivity index (χ3v) is 4.29. The molecular weight excluding hydrogens is 479 g/mol. The minimum atomic E-state index is -1.10. The van der Waals surface area contributed by atoms with Crippen LogP contribution in [0.25, 0.3) is 11.6 Å². The van der Waals surface area contributed by atoms with E-state index in [9.17, 15) is 20.2 Å². The van der Waals surface area contributed by atoms with Gasteiger partial charge in [-0.05, 0) is 71.0 Å². The second-order valence-corrected chi connectivity index (χ2v) is 6.58. The molecule has 0 aliphatic heterocycles. The maximum absolute atomic E-state index is 10.8. The number of carbonyl (C=O) groups is 1. The van der Waals surface area contributed by atoms with E-state index in [-0.39, 0.29) is 5.69 Å². The zero-order chi connectivity index (χ0) is 20.7. The van der Waals surface area contributed by atoms with Gasteiger partial charge in [-0.2, -0.15) is 5.26 Å². The maximum Gasteiger partial charge on any atom is 0.341 e. The van der Waals surface area contributed by atoms with Crippen molar-refractivity contribution >= 4 is 45.9 Å². The molecule has 2 aromatic carbocycles. The molecule has 0 aromatic heterocycles. The van der Waals surface area contributed by atoms with Gasteiger partial charge in [0.15, 0.2) is 18.1 Å². The predicted molar refractivity (Wildman–Crippen MR) is 110 cm³/mol. The van der Waals surface area contributed by atoms with E-state index >= 15 is 0 Å². The molecule has 1 N–H and O–H groups in total. The molecule has 0 aliphatic carbocycles. The van der Waals surface area contributed by atoms with Crippen molar-refractivity contribution in [1.82, 2.24) is 0 Å². The third-order valence-electron chi connectivity index (χ3n) is 3.49. The lowest BCUT2D eigenvalue weighted by atomic mass is 10.0. The summed E-state index contributed by atoms with van der Waals surface area (Å²) in [6.45, 7) is 1.63. The highest BCUT2D eigenvalue weighted by Gasteiger charge is 2.14. The van der Waals surface area contributed by atoms with Crippen LogP contribution >= 0.6 is 22.6 Å². The summed E-state index contributed by atoms with van der Waals surface area (Å²) in [5, 5.41) is 29.1. The molecule has 2 aromatic rings. The Kier molecular flexibility index (Phi) is 7.34. The number of non-ortho nitro benzene ring substituents is 1. The average Bonchev–Trinajstić information content (AvgIpc) is 2.65. The topological polar surface area (TPSA) is 123 Å². The fourth-order valence-corrected chi connectivity index (χ4v) is 3.10. The zero-order valence-electron chi connectivity index (χ0n) is 14.7. The van der Waals surface area contributed by atoms with E-state index in [0.717, 1.165) is 0 Å². The van der Waals surface area contributed by atoms with Gasteiger partial charge in [0.25, 0.3) is 5.69 Å². The van der Waals surface area contributed by atoms with Crippen molar-refractivity contribution in [2.24, 2.45) is 0 Å². The van der Waals surface area contributed by atoms with Crippen LogP contribution in [0.2, 0.25) is 0 Å². The molecule has 0 amide bonds. The number of nitro benzene ring substituents is 1. The lowest BCUT2D eigenvalue weighted by Gasteiger charge is -2.13. The quantitative estimate of drug-likeness (QED) is 0.193. The van der Waals surface area contributed by atoms with Crippen molar-refractivity contribution in [3.63, 3.8) is 0 Å². The molecule has 0 spiro atoms. The summed E-state index contributed by atoms with van der Waals surface area (Å²) in [7, 11) is 0. The smallest absolute Gasteiger partial charge is 0.341 e. The van der Waals surface area contributed by atoms with Gasteiger partial charge in [0, 0.05) is 12.1 Å². The number of aliphatic carboxylic acids is 1. The summed E-state index contributed by atoms with van der Waals surface area (Å²) in [6, 6.07) is 11.1. The normalized spacial score (nSPS) is 10.8. The highest BCUT2D eigenvalue weighted by molar-refractivity contribution is 14.1. The number of allylic oxidation sites excluding steroid dienone is 1. The molecule has 8 nitrogen and oxygen atoms in total. The second kappa shape index (κ2) is 9.70. The molecule has 0 fully saturated rings. The minimum Gasteiger partial charge on any atom is -0.490 e. The Balaban J connectivity index is 2.43. The summed E-state index contributed by atoms with van der Waals surface area (Å²) >= 11 is 2.00. The van der Waals surface area contributed by atoms with Crippen LogP contribution in [0.1, 0.15) is 18.1 Å². The van der Waals surface area contributed by atoms with Gasteiger partial charge in [-0.15, -0.1) is 0 Å². The predicted octanol–water partition coefficient (Wildman–Crippen LogP) is 4.13. The molecular formula is C19H15IN2O6. The highest BCUT2D eigenvalue weighted by Crippen LogP contribution is 2.35. The third kappa shape index (κ3) is 5.43. The molecule has 9 heteroatoms. The van der Waals surface area contributed by atoms with E-state index in [1.54, 1.807) is 25.1 Å². The van der Waals surface area contributed by atoms with E-state index < -0.39 is 17.5 Å². The molecule has 0 unspecified atom stereocenters. The van der Waals surface area contributed by atoms with Gasteiger partial charge in [0.2, 0.25) is 0 Å². The highest BCUT2D eigenvalue weighted by atomic mass is 127. The SMILES string of the molecule is CCOc1cc(/C=C(\C#N)c2ccc([N+](=O)[O-])cc2)cc(I)c1OCC(=O)O. The zero-order valence-corrected chi connectivity index (χ0v) is 16.9. The summed E-state index contributed by atoms with van der Waals surface area (Å²) in [5.74, 6) is -0.425. The molecule has 144 valence electrons. The van der Waals surface area contributed by atoms with E-state index in [1.165, 1.54) is 24.3 Å². The monoisotopic (exact) mass is 494 g/mol. The Morgan fingerprint density at radius 1 is 1.32 bits per heavy atom.